The lowest BCUT2D eigenvalue weighted by Gasteiger charge is -2.34. The van der Waals surface area contributed by atoms with Gasteiger partial charge >= 0.3 is 6.03 Å². The maximum atomic E-state index is 12.5. The maximum absolute atomic E-state index is 12.5. The molecule has 2 aliphatic heterocycles. The number of hydrogen-bond acceptors (Lipinski definition) is 4. The molecule has 4 rings (SSSR count). The number of piperidine rings is 1. The van der Waals surface area contributed by atoms with Crippen molar-refractivity contribution in [2.45, 2.75) is 32.7 Å². The van der Waals surface area contributed by atoms with Crippen LogP contribution >= 0.6 is 0 Å². The topological polar surface area (TPSA) is 74.8 Å². The first kappa shape index (κ1) is 22.1. The van der Waals surface area contributed by atoms with E-state index in [1.54, 1.807) is 6.20 Å². The SMILES string of the molecule is Cc1ccnc(OCC2CC(=O)N(CC3CCN(C(=O)NCc4ccccc4)CC3)C2)c1. The van der Waals surface area contributed by atoms with E-state index in [1.807, 2.05) is 59.2 Å². The zero-order chi connectivity index (χ0) is 22.3. The summed E-state index contributed by atoms with van der Waals surface area (Å²) in [6.45, 7) is 6.05. The molecular weight excluding hydrogens is 404 g/mol. The number of amides is 3. The zero-order valence-corrected chi connectivity index (χ0v) is 18.7. The largest absolute Gasteiger partial charge is 0.477 e. The number of nitrogens with one attached hydrogen (secondary N) is 1. The monoisotopic (exact) mass is 436 g/mol. The third-order valence-corrected chi connectivity index (χ3v) is 6.32. The lowest BCUT2D eigenvalue weighted by atomic mass is 9.96. The van der Waals surface area contributed by atoms with E-state index < -0.39 is 0 Å². The van der Waals surface area contributed by atoms with Crippen molar-refractivity contribution in [1.29, 1.82) is 0 Å². The second-order valence-corrected chi connectivity index (χ2v) is 8.93. The van der Waals surface area contributed by atoms with Crippen molar-refractivity contribution in [2.24, 2.45) is 11.8 Å². The highest BCUT2D eigenvalue weighted by molar-refractivity contribution is 5.78. The highest BCUT2D eigenvalue weighted by Gasteiger charge is 2.33. The number of nitrogens with zero attached hydrogens (tertiary/aromatic N) is 3. The van der Waals surface area contributed by atoms with E-state index in [9.17, 15) is 9.59 Å². The predicted octanol–water partition coefficient (Wildman–Crippen LogP) is 3.24. The van der Waals surface area contributed by atoms with E-state index in [0.29, 0.717) is 31.4 Å². The summed E-state index contributed by atoms with van der Waals surface area (Å²) in [5.41, 5.74) is 2.21. The van der Waals surface area contributed by atoms with Crippen molar-refractivity contribution in [1.82, 2.24) is 20.1 Å². The molecule has 2 saturated heterocycles. The Morgan fingerprint density at radius 3 is 2.69 bits per heavy atom. The van der Waals surface area contributed by atoms with Gasteiger partial charge < -0.3 is 19.9 Å². The average Bonchev–Trinajstić information content (AvgIpc) is 3.16. The van der Waals surface area contributed by atoms with E-state index in [-0.39, 0.29) is 17.9 Å². The van der Waals surface area contributed by atoms with Gasteiger partial charge in [-0.2, -0.15) is 0 Å². The average molecular weight is 437 g/mol. The van der Waals surface area contributed by atoms with Gasteiger partial charge in [0.25, 0.3) is 0 Å². The molecule has 7 heteroatoms. The van der Waals surface area contributed by atoms with Gasteiger partial charge in [0.05, 0.1) is 6.61 Å². The molecule has 0 saturated carbocycles. The molecular formula is C25H32N4O3. The molecule has 1 aromatic carbocycles. The summed E-state index contributed by atoms with van der Waals surface area (Å²) in [6, 6.07) is 13.8. The van der Waals surface area contributed by atoms with Crippen LogP contribution in [0, 0.1) is 18.8 Å². The van der Waals surface area contributed by atoms with Crippen LogP contribution in [0.2, 0.25) is 0 Å². The van der Waals surface area contributed by atoms with Crippen LogP contribution in [-0.4, -0.2) is 59.5 Å². The van der Waals surface area contributed by atoms with Gasteiger partial charge in [-0.25, -0.2) is 9.78 Å². The molecule has 0 radical (unpaired) electrons. The second-order valence-electron chi connectivity index (χ2n) is 8.93. The molecule has 3 amide bonds. The van der Waals surface area contributed by atoms with Crippen LogP contribution in [0.4, 0.5) is 4.79 Å². The quantitative estimate of drug-likeness (QED) is 0.723. The first-order valence-electron chi connectivity index (χ1n) is 11.5. The first-order valence-corrected chi connectivity index (χ1v) is 11.5. The summed E-state index contributed by atoms with van der Waals surface area (Å²) in [4.78, 5) is 33.0. The van der Waals surface area contributed by atoms with Gasteiger partial charge in [-0.1, -0.05) is 30.3 Å². The molecule has 170 valence electrons. The normalized spacial score (nSPS) is 19.3. The van der Waals surface area contributed by atoms with Gasteiger partial charge in [-0.3, -0.25) is 4.79 Å². The molecule has 2 aromatic rings. The fraction of sp³-hybridized carbons (Fsp3) is 0.480. The zero-order valence-electron chi connectivity index (χ0n) is 18.7. The van der Waals surface area contributed by atoms with Crippen molar-refractivity contribution in [2.75, 3.05) is 32.8 Å². The van der Waals surface area contributed by atoms with E-state index in [0.717, 1.165) is 50.1 Å². The summed E-state index contributed by atoms with van der Waals surface area (Å²) >= 11 is 0. The van der Waals surface area contributed by atoms with Crippen molar-refractivity contribution in [3.8, 4) is 5.88 Å². The lowest BCUT2D eigenvalue weighted by Crippen LogP contribution is -2.46. The number of rotatable bonds is 7. The highest BCUT2D eigenvalue weighted by atomic mass is 16.5. The number of ether oxygens (including phenoxy) is 1. The number of aryl methyl sites for hydroxylation is 1. The first-order chi connectivity index (χ1) is 15.6. The number of likely N-dealkylation sites (tertiary alicyclic amines) is 2. The Morgan fingerprint density at radius 1 is 1.16 bits per heavy atom. The fourth-order valence-electron chi connectivity index (χ4n) is 4.45. The van der Waals surface area contributed by atoms with Crippen LogP contribution < -0.4 is 10.1 Å². The summed E-state index contributed by atoms with van der Waals surface area (Å²) < 4.78 is 5.81. The van der Waals surface area contributed by atoms with E-state index in [1.165, 1.54) is 0 Å². The third-order valence-electron chi connectivity index (χ3n) is 6.32. The second kappa shape index (κ2) is 10.5. The van der Waals surface area contributed by atoms with Crippen molar-refractivity contribution in [3.63, 3.8) is 0 Å². The predicted molar refractivity (Wildman–Crippen MR) is 122 cm³/mol. The summed E-state index contributed by atoms with van der Waals surface area (Å²) in [7, 11) is 0. The van der Waals surface area contributed by atoms with Gasteiger partial charge in [-0.15, -0.1) is 0 Å². The van der Waals surface area contributed by atoms with Crippen LogP contribution in [0.1, 0.15) is 30.4 Å². The number of carbonyl (C=O) groups excluding carboxylic acids is 2. The van der Waals surface area contributed by atoms with Crippen LogP contribution in [0.25, 0.3) is 0 Å². The number of pyridine rings is 1. The van der Waals surface area contributed by atoms with Crippen molar-refractivity contribution in [3.05, 3.63) is 59.8 Å². The molecule has 0 aliphatic carbocycles. The number of hydrogen-bond donors (Lipinski definition) is 1. The molecule has 1 unspecified atom stereocenters. The molecule has 1 N–H and O–H groups in total. The summed E-state index contributed by atoms with van der Waals surface area (Å²) in [6.07, 6.45) is 4.13. The van der Waals surface area contributed by atoms with Crippen LogP contribution in [0.5, 0.6) is 5.88 Å². The molecule has 3 heterocycles. The fourth-order valence-corrected chi connectivity index (χ4v) is 4.45. The van der Waals surface area contributed by atoms with Crippen molar-refractivity contribution >= 4 is 11.9 Å². The van der Waals surface area contributed by atoms with Gasteiger partial charge in [-0.05, 0) is 42.9 Å². The summed E-state index contributed by atoms with van der Waals surface area (Å²) in [5, 5.41) is 3.00. The van der Waals surface area contributed by atoms with Gasteiger partial charge in [0, 0.05) is 57.3 Å². The Hall–Kier alpha value is -3.09. The molecule has 1 atom stereocenters. The molecule has 32 heavy (non-hydrogen) atoms. The van der Waals surface area contributed by atoms with E-state index in [2.05, 4.69) is 10.3 Å². The smallest absolute Gasteiger partial charge is 0.317 e. The molecule has 1 aromatic heterocycles. The Kier molecular flexibility index (Phi) is 7.24. The Balaban J connectivity index is 1.17. The summed E-state index contributed by atoms with van der Waals surface area (Å²) in [5.74, 6) is 1.47. The van der Waals surface area contributed by atoms with Crippen LogP contribution in [0.15, 0.2) is 48.7 Å². The maximum Gasteiger partial charge on any atom is 0.317 e. The van der Waals surface area contributed by atoms with E-state index >= 15 is 0 Å². The lowest BCUT2D eigenvalue weighted by molar-refractivity contribution is -0.128. The molecule has 0 bridgehead atoms. The minimum absolute atomic E-state index is 0.00785. The van der Waals surface area contributed by atoms with Crippen LogP contribution in [0.3, 0.4) is 0 Å². The minimum Gasteiger partial charge on any atom is -0.477 e. The van der Waals surface area contributed by atoms with Crippen LogP contribution in [-0.2, 0) is 11.3 Å². The number of aromatic nitrogens is 1. The van der Waals surface area contributed by atoms with Gasteiger partial charge in [0.2, 0.25) is 11.8 Å². The van der Waals surface area contributed by atoms with Gasteiger partial charge in [0.1, 0.15) is 0 Å². The number of urea groups is 1. The van der Waals surface area contributed by atoms with E-state index in [4.69, 9.17) is 4.74 Å². The Labute approximate surface area is 189 Å². The standard InChI is InChI=1S/C25H32N4O3/c1-19-7-10-26-23(13-19)32-18-22-14-24(30)29(17-22)16-21-8-11-28(12-9-21)25(31)27-15-20-5-3-2-4-6-20/h2-7,10,13,21-22H,8-9,11-12,14-18H2,1H3,(H,27,31). The Morgan fingerprint density at radius 2 is 1.94 bits per heavy atom. The molecule has 2 fully saturated rings. The molecule has 7 nitrogen and oxygen atoms in total. The van der Waals surface area contributed by atoms with Gasteiger partial charge in [0.15, 0.2) is 0 Å². The highest BCUT2D eigenvalue weighted by Crippen LogP contribution is 2.24. The number of carbonyl (C=O) groups is 2. The minimum atomic E-state index is -0.00785. The third kappa shape index (κ3) is 5.99. The molecule has 0 spiro atoms. The Bertz CT molecular complexity index is 912. The number of benzene rings is 1. The molecule has 2 aliphatic rings. The van der Waals surface area contributed by atoms with Crippen molar-refractivity contribution < 1.29 is 14.3 Å².